The van der Waals surface area contributed by atoms with Gasteiger partial charge in [0.1, 0.15) is 23.2 Å². The number of benzene rings is 1. The van der Waals surface area contributed by atoms with E-state index in [2.05, 4.69) is 75.8 Å². The van der Waals surface area contributed by atoms with Crippen molar-refractivity contribution in [1.82, 2.24) is 24.9 Å². The van der Waals surface area contributed by atoms with Crippen LogP contribution in [0.25, 0.3) is 0 Å². The van der Waals surface area contributed by atoms with Crippen LogP contribution >= 0.6 is 11.8 Å². The van der Waals surface area contributed by atoms with E-state index in [0.29, 0.717) is 23.1 Å². The quantitative estimate of drug-likeness (QED) is 0.489. The molecular formula is C28H37N7O2S. The van der Waals surface area contributed by atoms with Crippen molar-refractivity contribution in [1.29, 1.82) is 5.26 Å². The highest BCUT2D eigenvalue weighted by Crippen LogP contribution is 2.49. The molecule has 2 saturated carbocycles. The lowest BCUT2D eigenvalue weighted by Gasteiger charge is -2.51. The molecule has 2 aromatic rings. The first kappa shape index (κ1) is 26.6. The molecular weight excluding hydrogens is 498 g/mol. The van der Waals surface area contributed by atoms with Crippen molar-refractivity contribution in [3.05, 3.63) is 41.5 Å². The highest BCUT2D eigenvalue weighted by atomic mass is 32.2. The zero-order chi connectivity index (χ0) is 26.9. The molecule has 3 fully saturated rings. The zero-order valence-electron chi connectivity index (χ0n) is 22.5. The topological polar surface area (TPSA) is 108 Å². The second kappa shape index (κ2) is 10.6. The summed E-state index contributed by atoms with van der Waals surface area (Å²) in [4.78, 5) is 32.9. The van der Waals surface area contributed by atoms with Crippen LogP contribution in [0.15, 0.2) is 35.4 Å². The Kier molecular flexibility index (Phi) is 7.43. The second-order valence-electron chi connectivity index (χ2n) is 11.2. The lowest BCUT2D eigenvalue weighted by molar-refractivity contribution is -0.116. The van der Waals surface area contributed by atoms with E-state index in [4.69, 9.17) is 0 Å². The summed E-state index contributed by atoms with van der Waals surface area (Å²) in [5, 5.41) is 19.7. The minimum absolute atomic E-state index is 0.0450. The zero-order valence-corrected chi connectivity index (χ0v) is 23.3. The first-order valence-corrected chi connectivity index (χ1v) is 14.7. The van der Waals surface area contributed by atoms with E-state index in [1.165, 1.54) is 36.6 Å². The van der Waals surface area contributed by atoms with Crippen LogP contribution in [0, 0.1) is 17.2 Å². The molecule has 2 heterocycles. The van der Waals surface area contributed by atoms with E-state index in [1.807, 2.05) is 6.26 Å². The van der Waals surface area contributed by atoms with Gasteiger partial charge < -0.3 is 15.1 Å². The van der Waals surface area contributed by atoms with Gasteiger partial charge in [-0.15, -0.1) is 11.8 Å². The number of amides is 3. The maximum atomic E-state index is 13.8. The maximum absolute atomic E-state index is 13.8. The summed E-state index contributed by atoms with van der Waals surface area (Å²) in [5.41, 5.74) is 1.31. The van der Waals surface area contributed by atoms with Crippen LogP contribution in [0.3, 0.4) is 0 Å². The van der Waals surface area contributed by atoms with Gasteiger partial charge in [-0.2, -0.15) is 10.4 Å². The van der Waals surface area contributed by atoms with Crippen molar-refractivity contribution in [2.45, 2.75) is 61.0 Å². The molecule has 9 nitrogen and oxygen atoms in total. The monoisotopic (exact) mass is 535 g/mol. The average molecular weight is 536 g/mol. The Morgan fingerprint density at radius 2 is 1.95 bits per heavy atom. The molecule has 38 heavy (non-hydrogen) atoms. The number of aromatic amines is 1. The van der Waals surface area contributed by atoms with E-state index < -0.39 is 0 Å². The molecule has 1 aromatic heterocycles. The lowest BCUT2D eigenvalue weighted by Crippen LogP contribution is -2.56. The summed E-state index contributed by atoms with van der Waals surface area (Å²) in [6.07, 6.45) is 9.10. The number of urea groups is 1. The van der Waals surface area contributed by atoms with Crippen LogP contribution in [0.4, 0.5) is 10.6 Å². The summed E-state index contributed by atoms with van der Waals surface area (Å²) in [5.74, 6) is 0.426. The van der Waals surface area contributed by atoms with Gasteiger partial charge in [-0.05, 0) is 70.4 Å². The molecule has 1 saturated heterocycles. The SMILES string of the molecule is CSc1[nH]nc(NC(=O)CN2C[C@]3(CC[C@@](c4ccccc4)(N(C)C)CC3)N(CC3CCC3)C2=O)c1C#N. The van der Waals surface area contributed by atoms with Crippen molar-refractivity contribution in [3.8, 4) is 6.07 Å². The summed E-state index contributed by atoms with van der Waals surface area (Å²) in [6, 6.07) is 12.7. The minimum Gasteiger partial charge on any atom is -0.317 e. The highest BCUT2D eigenvalue weighted by Gasteiger charge is 2.55. The van der Waals surface area contributed by atoms with E-state index in [1.54, 1.807) is 4.90 Å². The van der Waals surface area contributed by atoms with Crippen molar-refractivity contribution in [2.75, 3.05) is 45.3 Å². The number of aromatic nitrogens is 2. The number of carbonyl (C=O) groups excluding carboxylic acids is 2. The van der Waals surface area contributed by atoms with Crippen molar-refractivity contribution in [3.63, 3.8) is 0 Å². The Labute approximate surface area is 228 Å². The average Bonchev–Trinajstić information content (AvgIpc) is 3.39. The molecule has 0 unspecified atom stereocenters. The summed E-state index contributed by atoms with van der Waals surface area (Å²) in [6.45, 7) is 1.27. The molecule has 5 rings (SSSR count). The summed E-state index contributed by atoms with van der Waals surface area (Å²) < 4.78 is 0. The van der Waals surface area contributed by atoms with Crippen molar-refractivity contribution in [2.24, 2.45) is 5.92 Å². The van der Waals surface area contributed by atoms with Gasteiger partial charge in [-0.3, -0.25) is 14.8 Å². The number of rotatable bonds is 8. The van der Waals surface area contributed by atoms with Gasteiger partial charge in [0, 0.05) is 18.6 Å². The molecule has 2 aliphatic carbocycles. The molecule has 10 heteroatoms. The number of thioether (sulfide) groups is 1. The molecule has 3 amide bonds. The predicted octanol–water partition coefficient (Wildman–Crippen LogP) is 4.25. The van der Waals surface area contributed by atoms with E-state index in [0.717, 1.165) is 32.2 Å². The van der Waals surface area contributed by atoms with Crippen LogP contribution in [0.1, 0.15) is 56.1 Å². The standard InChI is InChI=1S/C28H37N7O2S/c1-33(2)28(21-10-5-4-6-11-21)14-12-27(13-15-28)19-34(26(37)35(27)17-20-8-7-9-20)18-23(36)30-24-22(16-29)25(38-3)32-31-24/h4-6,10-11,20H,7-9,12-15,17-19H2,1-3H3,(H2,30,31,32,36)/t27-,28-. The molecule has 0 atom stereocenters. The van der Waals surface area contributed by atoms with Crippen molar-refractivity contribution >= 4 is 29.5 Å². The third-order valence-electron chi connectivity index (χ3n) is 9.04. The van der Waals surface area contributed by atoms with Gasteiger partial charge >= 0.3 is 6.03 Å². The third-order valence-corrected chi connectivity index (χ3v) is 9.74. The van der Waals surface area contributed by atoms with Crippen LogP contribution < -0.4 is 5.32 Å². The summed E-state index contributed by atoms with van der Waals surface area (Å²) >= 11 is 1.36. The van der Waals surface area contributed by atoms with Gasteiger partial charge in [-0.25, -0.2) is 4.79 Å². The fourth-order valence-electron chi connectivity index (χ4n) is 6.52. The van der Waals surface area contributed by atoms with Gasteiger partial charge in [0.2, 0.25) is 5.91 Å². The highest BCUT2D eigenvalue weighted by molar-refractivity contribution is 7.98. The number of nitrogens with zero attached hydrogens (tertiary/aromatic N) is 5. The molecule has 1 spiro atoms. The molecule has 0 radical (unpaired) electrons. The van der Waals surface area contributed by atoms with Crippen LogP contribution in [0.2, 0.25) is 0 Å². The fraction of sp³-hybridized carbons (Fsp3) is 0.571. The number of nitriles is 1. The number of nitrogens with one attached hydrogen (secondary N) is 2. The van der Waals surface area contributed by atoms with E-state index >= 15 is 0 Å². The first-order valence-electron chi connectivity index (χ1n) is 13.4. The molecule has 2 N–H and O–H groups in total. The number of hydrogen-bond donors (Lipinski definition) is 2. The fourth-order valence-corrected chi connectivity index (χ4v) is 7.01. The molecule has 3 aliphatic rings. The Balaban J connectivity index is 1.34. The predicted molar refractivity (Wildman–Crippen MR) is 148 cm³/mol. The van der Waals surface area contributed by atoms with Crippen LogP contribution in [-0.2, 0) is 10.3 Å². The van der Waals surface area contributed by atoms with Gasteiger partial charge in [0.25, 0.3) is 0 Å². The Morgan fingerprint density at radius 1 is 1.24 bits per heavy atom. The number of H-pyrrole nitrogens is 1. The van der Waals surface area contributed by atoms with E-state index in [9.17, 15) is 14.9 Å². The maximum Gasteiger partial charge on any atom is 0.321 e. The third kappa shape index (κ3) is 4.67. The van der Waals surface area contributed by atoms with Crippen LogP contribution in [-0.4, -0.2) is 82.4 Å². The minimum atomic E-state index is -0.336. The number of hydrogen-bond acceptors (Lipinski definition) is 6. The lowest BCUT2D eigenvalue weighted by atomic mass is 9.68. The first-order chi connectivity index (χ1) is 18.3. The normalized spacial score (nSPS) is 25.6. The Bertz CT molecular complexity index is 1210. The van der Waals surface area contributed by atoms with Gasteiger partial charge in [0.05, 0.1) is 5.54 Å². The molecule has 1 aliphatic heterocycles. The molecule has 1 aromatic carbocycles. The summed E-state index contributed by atoms with van der Waals surface area (Å²) in [7, 11) is 4.31. The smallest absolute Gasteiger partial charge is 0.317 e. The Hall–Kier alpha value is -3.03. The Morgan fingerprint density at radius 3 is 2.53 bits per heavy atom. The van der Waals surface area contributed by atoms with Crippen LogP contribution in [0.5, 0.6) is 0 Å². The van der Waals surface area contributed by atoms with Crippen molar-refractivity contribution < 1.29 is 9.59 Å². The largest absolute Gasteiger partial charge is 0.321 e. The second-order valence-corrected chi connectivity index (χ2v) is 12.0. The molecule has 0 bridgehead atoms. The van der Waals surface area contributed by atoms with Gasteiger partial charge in [-0.1, -0.05) is 36.8 Å². The number of anilines is 1. The van der Waals surface area contributed by atoms with Gasteiger partial charge in [0.15, 0.2) is 5.82 Å². The molecule has 202 valence electrons. The van der Waals surface area contributed by atoms with E-state index in [-0.39, 0.29) is 35.4 Å². The number of carbonyl (C=O) groups is 2.